The summed E-state index contributed by atoms with van der Waals surface area (Å²) in [7, 11) is 0. The Labute approximate surface area is 128 Å². The zero-order valence-corrected chi connectivity index (χ0v) is 12.4. The van der Waals surface area contributed by atoms with Gasteiger partial charge in [0.2, 0.25) is 5.91 Å². The minimum absolute atomic E-state index is 0.0356. The number of carbonyl (C=O) groups is 1. The molecule has 0 saturated carbocycles. The molecular weight excluding hydrogens is 285 g/mol. The van der Waals surface area contributed by atoms with Gasteiger partial charge in [-0.2, -0.15) is 0 Å². The van der Waals surface area contributed by atoms with E-state index in [0.717, 1.165) is 5.56 Å². The number of carbonyl (C=O) groups excluding carboxylic acids is 1. The fourth-order valence-corrected chi connectivity index (χ4v) is 2.62. The number of morpholine rings is 1. The maximum atomic E-state index is 13.0. The van der Waals surface area contributed by atoms with Crippen molar-refractivity contribution in [1.29, 1.82) is 0 Å². The Morgan fingerprint density at radius 2 is 2.18 bits per heavy atom. The second-order valence-electron chi connectivity index (χ2n) is 5.38. The Hall–Kier alpha value is -2.21. The van der Waals surface area contributed by atoms with Crippen molar-refractivity contribution >= 4 is 5.91 Å². The molecule has 3 rings (SSSR count). The molecule has 2 heterocycles. The number of hydrogen-bond acceptors (Lipinski definition) is 3. The second-order valence-corrected chi connectivity index (χ2v) is 5.38. The number of aromatic nitrogens is 2. The molecule has 2 atom stereocenters. The summed E-state index contributed by atoms with van der Waals surface area (Å²) in [6.07, 6.45) is 4.86. The van der Waals surface area contributed by atoms with Gasteiger partial charge in [-0.3, -0.25) is 4.79 Å². The van der Waals surface area contributed by atoms with E-state index in [2.05, 4.69) is 4.98 Å². The van der Waals surface area contributed by atoms with Crippen LogP contribution in [0.3, 0.4) is 0 Å². The Morgan fingerprint density at radius 3 is 2.86 bits per heavy atom. The molecule has 2 aromatic rings. The molecule has 5 nitrogen and oxygen atoms in total. The molecule has 1 aromatic carbocycles. The summed E-state index contributed by atoms with van der Waals surface area (Å²) in [6.45, 7) is 3.37. The summed E-state index contributed by atoms with van der Waals surface area (Å²) < 4.78 is 20.5. The summed E-state index contributed by atoms with van der Waals surface area (Å²) in [5.41, 5.74) is 0.884. The third-order valence-electron chi connectivity index (χ3n) is 3.95. The van der Waals surface area contributed by atoms with Crippen LogP contribution >= 0.6 is 0 Å². The first-order chi connectivity index (χ1) is 10.6. The van der Waals surface area contributed by atoms with Crippen molar-refractivity contribution in [3.8, 4) is 0 Å². The average Bonchev–Trinajstić information content (AvgIpc) is 3.09. The second kappa shape index (κ2) is 6.27. The standard InChI is InChI=1S/C16H18FN3O2/c1-12(20-7-6-18-11-20)16(21)19-8-9-22-15(10-19)13-2-4-14(17)5-3-13/h2-7,11-12,15H,8-10H2,1H3/t12-,15+/m0/s1. The topological polar surface area (TPSA) is 47.4 Å². The van der Waals surface area contributed by atoms with Gasteiger partial charge >= 0.3 is 0 Å². The lowest BCUT2D eigenvalue weighted by Crippen LogP contribution is -2.44. The van der Waals surface area contributed by atoms with Crippen molar-refractivity contribution < 1.29 is 13.9 Å². The molecule has 0 bridgehead atoms. The molecular formula is C16H18FN3O2. The number of nitrogens with zero attached hydrogens (tertiary/aromatic N) is 3. The van der Waals surface area contributed by atoms with Crippen LogP contribution in [0.4, 0.5) is 4.39 Å². The normalized spacial score (nSPS) is 19.9. The molecule has 1 aromatic heterocycles. The monoisotopic (exact) mass is 303 g/mol. The third-order valence-corrected chi connectivity index (χ3v) is 3.95. The molecule has 0 N–H and O–H groups in total. The molecule has 1 amide bonds. The van der Waals surface area contributed by atoms with E-state index in [1.165, 1.54) is 12.1 Å². The SMILES string of the molecule is C[C@@H](C(=O)N1CCO[C@@H](c2ccc(F)cc2)C1)n1ccnc1. The van der Waals surface area contributed by atoms with Crippen molar-refractivity contribution in [1.82, 2.24) is 14.5 Å². The maximum absolute atomic E-state index is 13.0. The van der Waals surface area contributed by atoms with E-state index in [1.54, 1.807) is 40.3 Å². The molecule has 1 aliphatic rings. The first-order valence-corrected chi connectivity index (χ1v) is 7.28. The van der Waals surface area contributed by atoms with Gasteiger partial charge in [0.15, 0.2) is 0 Å². The van der Waals surface area contributed by atoms with Crippen molar-refractivity contribution in [3.63, 3.8) is 0 Å². The van der Waals surface area contributed by atoms with Crippen LogP contribution < -0.4 is 0 Å². The first kappa shape index (κ1) is 14.7. The van der Waals surface area contributed by atoms with Gasteiger partial charge in [0.25, 0.3) is 0 Å². The molecule has 0 radical (unpaired) electrons. The number of ether oxygens (including phenoxy) is 1. The zero-order chi connectivity index (χ0) is 15.5. The van der Waals surface area contributed by atoms with Gasteiger partial charge in [0.05, 0.1) is 19.5 Å². The van der Waals surface area contributed by atoms with Gasteiger partial charge in [0.1, 0.15) is 18.0 Å². The van der Waals surface area contributed by atoms with Gasteiger partial charge in [-0.25, -0.2) is 9.37 Å². The Bertz CT molecular complexity index is 627. The van der Waals surface area contributed by atoms with E-state index >= 15 is 0 Å². The van der Waals surface area contributed by atoms with Crippen LogP contribution in [0.5, 0.6) is 0 Å². The van der Waals surface area contributed by atoms with Crippen molar-refractivity contribution in [3.05, 3.63) is 54.4 Å². The molecule has 0 unspecified atom stereocenters. The van der Waals surface area contributed by atoms with E-state index in [-0.39, 0.29) is 23.9 Å². The van der Waals surface area contributed by atoms with Crippen LogP contribution in [0.25, 0.3) is 0 Å². The quantitative estimate of drug-likeness (QED) is 0.873. The molecule has 6 heteroatoms. The lowest BCUT2D eigenvalue weighted by atomic mass is 10.1. The highest BCUT2D eigenvalue weighted by Gasteiger charge is 2.28. The highest BCUT2D eigenvalue weighted by Crippen LogP contribution is 2.24. The number of benzene rings is 1. The first-order valence-electron chi connectivity index (χ1n) is 7.28. The van der Waals surface area contributed by atoms with Crippen LogP contribution in [0.15, 0.2) is 43.0 Å². The molecule has 1 fully saturated rings. The van der Waals surface area contributed by atoms with Gasteiger partial charge in [0, 0.05) is 18.9 Å². The van der Waals surface area contributed by atoms with E-state index in [4.69, 9.17) is 4.74 Å². The summed E-state index contributed by atoms with van der Waals surface area (Å²) in [6, 6.07) is 5.93. The van der Waals surface area contributed by atoms with Gasteiger partial charge < -0.3 is 14.2 Å². The van der Waals surface area contributed by atoms with Crippen molar-refractivity contribution in [2.45, 2.75) is 19.1 Å². The summed E-state index contributed by atoms with van der Waals surface area (Å²) >= 11 is 0. The Kier molecular flexibility index (Phi) is 4.20. The van der Waals surface area contributed by atoms with Crippen LogP contribution in [-0.2, 0) is 9.53 Å². The molecule has 1 saturated heterocycles. The Morgan fingerprint density at radius 1 is 1.41 bits per heavy atom. The maximum Gasteiger partial charge on any atom is 0.245 e. The van der Waals surface area contributed by atoms with Gasteiger partial charge in [-0.15, -0.1) is 0 Å². The third kappa shape index (κ3) is 3.01. The van der Waals surface area contributed by atoms with Crippen LogP contribution in [0, 0.1) is 5.82 Å². The van der Waals surface area contributed by atoms with Gasteiger partial charge in [-0.05, 0) is 24.6 Å². The highest BCUT2D eigenvalue weighted by molar-refractivity contribution is 5.80. The summed E-state index contributed by atoms with van der Waals surface area (Å²) in [5.74, 6) is -0.241. The zero-order valence-electron chi connectivity index (χ0n) is 12.4. The van der Waals surface area contributed by atoms with E-state index in [9.17, 15) is 9.18 Å². The lowest BCUT2D eigenvalue weighted by molar-refractivity contribution is -0.142. The van der Waals surface area contributed by atoms with E-state index in [1.807, 2.05) is 6.92 Å². The molecule has 0 spiro atoms. The molecule has 0 aliphatic carbocycles. The number of amides is 1. The average molecular weight is 303 g/mol. The van der Waals surface area contributed by atoms with Crippen LogP contribution in [0.2, 0.25) is 0 Å². The minimum Gasteiger partial charge on any atom is -0.370 e. The van der Waals surface area contributed by atoms with Crippen molar-refractivity contribution in [2.24, 2.45) is 0 Å². The fraction of sp³-hybridized carbons (Fsp3) is 0.375. The predicted octanol–water partition coefficient (Wildman–Crippen LogP) is 2.18. The van der Waals surface area contributed by atoms with Gasteiger partial charge in [-0.1, -0.05) is 12.1 Å². The summed E-state index contributed by atoms with van der Waals surface area (Å²) in [4.78, 5) is 18.4. The van der Waals surface area contributed by atoms with Crippen LogP contribution in [0.1, 0.15) is 24.6 Å². The van der Waals surface area contributed by atoms with Crippen LogP contribution in [-0.4, -0.2) is 40.1 Å². The number of halogens is 1. The number of imidazole rings is 1. The van der Waals surface area contributed by atoms with Crippen molar-refractivity contribution in [2.75, 3.05) is 19.7 Å². The number of hydrogen-bond donors (Lipinski definition) is 0. The van der Waals surface area contributed by atoms with E-state index in [0.29, 0.717) is 19.7 Å². The molecule has 22 heavy (non-hydrogen) atoms. The molecule has 1 aliphatic heterocycles. The number of rotatable bonds is 3. The lowest BCUT2D eigenvalue weighted by Gasteiger charge is -2.34. The van der Waals surface area contributed by atoms with E-state index < -0.39 is 0 Å². The highest BCUT2D eigenvalue weighted by atomic mass is 19.1. The Balaban J connectivity index is 1.70. The fourth-order valence-electron chi connectivity index (χ4n) is 2.62. The molecule has 116 valence electrons. The predicted molar refractivity (Wildman–Crippen MR) is 78.6 cm³/mol. The summed E-state index contributed by atoms with van der Waals surface area (Å²) in [5, 5.41) is 0. The minimum atomic E-state index is -0.297. The smallest absolute Gasteiger partial charge is 0.245 e. The largest absolute Gasteiger partial charge is 0.370 e.